The maximum Gasteiger partial charge on any atom is 0.316 e. The largest absolute Gasteiger partial charge is 0.480 e. The summed E-state index contributed by atoms with van der Waals surface area (Å²) in [5.41, 5.74) is 0.999. The Hall–Kier alpha value is -0.550. The van der Waals surface area contributed by atoms with E-state index in [0.717, 1.165) is 17.1 Å². The number of thioether (sulfide) groups is 1. The second-order valence-corrected chi connectivity index (χ2v) is 5.97. The van der Waals surface area contributed by atoms with Gasteiger partial charge in [-0.05, 0) is 12.3 Å². The summed E-state index contributed by atoms with van der Waals surface area (Å²) in [5.74, 6) is 0.101. The van der Waals surface area contributed by atoms with Crippen LogP contribution in [0.4, 0.5) is 0 Å². The fraction of sp³-hybridized carbons (Fsp3) is 0.636. The lowest BCUT2D eigenvalue weighted by Gasteiger charge is -2.14. The molecule has 16 heavy (non-hydrogen) atoms. The normalized spacial score (nSPS) is 13.0. The van der Waals surface area contributed by atoms with E-state index in [1.165, 1.54) is 11.8 Å². The molecule has 0 aliphatic carbocycles. The Labute approximate surface area is 104 Å². The maximum absolute atomic E-state index is 11.0. The molecule has 1 atom stereocenters. The van der Waals surface area contributed by atoms with Crippen molar-refractivity contribution in [1.29, 1.82) is 0 Å². The standard InChI is InChI=1S/C11H17NO2S2/c1-4-9-12-8(5-15-9)6-16-10(7(2)3)11(13)14/h5,7,10H,4,6H2,1-3H3,(H,13,14). The minimum atomic E-state index is -0.731. The first-order valence-corrected chi connectivity index (χ1v) is 7.25. The Bertz CT molecular complexity index is 350. The van der Waals surface area contributed by atoms with Crippen LogP contribution in [0.5, 0.6) is 0 Å². The highest BCUT2D eigenvalue weighted by Gasteiger charge is 2.22. The van der Waals surface area contributed by atoms with E-state index in [0.29, 0.717) is 5.75 Å². The molecule has 0 aromatic carbocycles. The number of aryl methyl sites for hydroxylation is 1. The van der Waals surface area contributed by atoms with E-state index in [1.807, 2.05) is 19.2 Å². The smallest absolute Gasteiger partial charge is 0.316 e. The molecular weight excluding hydrogens is 242 g/mol. The monoisotopic (exact) mass is 259 g/mol. The van der Waals surface area contributed by atoms with Crippen molar-refractivity contribution in [2.45, 2.75) is 38.2 Å². The molecule has 3 nitrogen and oxygen atoms in total. The number of carboxylic acids is 1. The van der Waals surface area contributed by atoms with Crippen molar-refractivity contribution < 1.29 is 9.90 Å². The van der Waals surface area contributed by atoms with E-state index in [2.05, 4.69) is 11.9 Å². The zero-order chi connectivity index (χ0) is 12.1. The summed E-state index contributed by atoms with van der Waals surface area (Å²) in [6, 6.07) is 0. The molecule has 1 N–H and O–H groups in total. The lowest BCUT2D eigenvalue weighted by Crippen LogP contribution is -2.22. The van der Waals surface area contributed by atoms with Crippen LogP contribution in [-0.4, -0.2) is 21.3 Å². The van der Waals surface area contributed by atoms with Crippen molar-refractivity contribution >= 4 is 29.1 Å². The number of nitrogens with zero attached hydrogens (tertiary/aromatic N) is 1. The molecule has 0 fully saturated rings. The van der Waals surface area contributed by atoms with Crippen LogP contribution >= 0.6 is 23.1 Å². The highest BCUT2D eigenvalue weighted by molar-refractivity contribution is 7.99. The summed E-state index contributed by atoms with van der Waals surface area (Å²) >= 11 is 3.11. The first kappa shape index (κ1) is 13.5. The first-order chi connectivity index (χ1) is 7.54. The Balaban J connectivity index is 2.52. The van der Waals surface area contributed by atoms with Crippen LogP contribution in [0.1, 0.15) is 31.5 Å². The lowest BCUT2D eigenvalue weighted by atomic mass is 10.1. The number of aliphatic carboxylic acids is 1. The van der Waals surface area contributed by atoms with Gasteiger partial charge >= 0.3 is 5.97 Å². The zero-order valence-corrected chi connectivity index (χ0v) is 11.4. The SMILES string of the molecule is CCc1nc(CSC(C(=O)O)C(C)C)cs1. The summed E-state index contributed by atoms with van der Waals surface area (Å²) in [6.07, 6.45) is 0.946. The van der Waals surface area contributed by atoms with Gasteiger partial charge in [0.05, 0.1) is 10.7 Å². The van der Waals surface area contributed by atoms with E-state index in [9.17, 15) is 4.79 Å². The molecule has 0 aliphatic rings. The quantitative estimate of drug-likeness (QED) is 0.853. The van der Waals surface area contributed by atoms with Gasteiger partial charge in [-0.2, -0.15) is 0 Å². The second-order valence-electron chi connectivity index (χ2n) is 3.90. The van der Waals surface area contributed by atoms with E-state index in [1.54, 1.807) is 11.3 Å². The minimum absolute atomic E-state index is 0.145. The fourth-order valence-electron chi connectivity index (χ4n) is 1.30. The third-order valence-electron chi connectivity index (χ3n) is 2.16. The number of carbonyl (C=O) groups is 1. The molecule has 0 aliphatic heterocycles. The molecule has 1 aromatic heterocycles. The van der Waals surface area contributed by atoms with Crippen molar-refractivity contribution in [3.8, 4) is 0 Å². The average Bonchev–Trinajstić information content (AvgIpc) is 2.65. The number of thiazole rings is 1. The molecule has 0 spiro atoms. The Morgan fingerprint density at radius 1 is 1.62 bits per heavy atom. The molecule has 0 bridgehead atoms. The number of aromatic nitrogens is 1. The van der Waals surface area contributed by atoms with Crippen molar-refractivity contribution in [3.63, 3.8) is 0 Å². The number of rotatable bonds is 6. The lowest BCUT2D eigenvalue weighted by molar-refractivity contribution is -0.137. The summed E-state index contributed by atoms with van der Waals surface area (Å²) in [4.78, 5) is 15.4. The molecular formula is C11H17NO2S2. The third kappa shape index (κ3) is 3.79. The van der Waals surface area contributed by atoms with Gasteiger partial charge in [-0.3, -0.25) is 4.79 Å². The van der Waals surface area contributed by atoms with Gasteiger partial charge in [0.25, 0.3) is 0 Å². The number of hydrogen-bond donors (Lipinski definition) is 1. The third-order valence-corrected chi connectivity index (χ3v) is 4.77. The molecule has 5 heteroatoms. The van der Waals surface area contributed by atoms with E-state index >= 15 is 0 Å². The van der Waals surface area contributed by atoms with Gasteiger partial charge in [0.2, 0.25) is 0 Å². The molecule has 1 rings (SSSR count). The molecule has 0 saturated heterocycles. The first-order valence-electron chi connectivity index (χ1n) is 5.32. The van der Waals surface area contributed by atoms with Crippen LogP contribution in [0, 0.1) is 5.92 Å². The topological polar surface area (TPSA) is 50.2 Å². The van der Waals surface area contributed by atoms with Crippen molar-refractivity contribution in [2.24, 2.45) is 5.92 Å². The predicted molar refractivity (Wildman–Crippen MR) is 69.0 cm³/mol. The summed E-state index contributed by atoms with van der Waals surface area (Å²) in [7, 11) is 0. The van der Waals surface area contributed by atoms with Crippen LogP contribution in [0.3, 0.4) is 0 Å². The van der Waals surface area contributed by atoms with E-state index in [4.69, 9.17) is 5.11 Å². The average molecular weight is 259 g/mol. The highest BCUT2D eigenvalue weighted by Crippen LogP contribution is 2.24. The van der Waals surface area contributed by atoms with Gasteiger partial charge in [-0.25, -0.2) is 4.98 Å². The number of carboxylic acid groups (broad SMARTS) is 1. The van der Waals surface area contributed by atoms with E-state index in [-0.39, 0.29) is 11.2 Å². The van der Waals surface area contributed by atoms with Gasteiger partial charge in [-0.1, -0.05) is 20.8 Å². The van der Waals surface area contributed by atoms with E-state index < -0.39 is 5.97 Å². The Morgan fingerprint density at radius 2 is 2.31 bits per heavy atom. The van der Waals surface area contributed by atoms with Crippen molar-refractivity contribution in [3.05, 3.63) is 16.1 Å². The van der Waals surface area contributed by atoms with Gasteiger partial charge in [0.1, 0.15) is 5.25 Å². The Morgan fingerprint density at radius 3 is 2.75 bits per heavy atom. The van der Waals surface area contributed by atoms with Crippen molar-refractivity contribution in [1.82, 2.24) is 4.98 Å². The summed E-state index contributed by atoms with van der Waals surface area (Å²) < 4.78 is 0. The van der Waals surface area contributed by atoms with Crippen LogP contribution < -0.4 is 0 Å². The predicted octanol–water partition coefficient (Wildman–Crippen LogP) is 3.05. The van der Waals surface area contributed by atoms with Gasteiger partial charge in [-0.15, -0.1) is 23.1 Å². The Kier molecular flexibility index (Phi) is 5.28. The molecule has 1 heterocycles. The zero-order valence-electron chi connectivity index (χ0n) is 9.77. The molecule has 1 aromatic rings. The molecule has 0 amide bonds. The molecule has 90 valence electrons. The minimum Gasteiger partial charge on any atom is -0.480 e. The highest BCUT2D eigenvalue weighted by atomic mass is 32.2. The maximum atomic E-state index is 11.0. The summed E-state index contributed by atoms with van der Waals surface area (Å²) in [6.45, 7) is 5.94. The fourth-order valence-corrected chi connectivity index (χ4v) is 3.18. The van der Waals surface area contributed by atoms with Crippen LogP contribution in [0.25, 0.3) is 0 Å². The molecule has 0 saturated carbocycles. The van der Waals surface area contributed by atoms with Crippen molar-refractivity contribution in [2.75, 3.05) is 0 Å². The summed E-state index contributed by atoms with van der Waals surface area (Å²) in [5, 5.41) is 11.8. The van der Waals surface area contributed by atoms with Gasteiger partial charge in [0.15, 0.2) is 0 Å². The van der Waals surface area contributed by atoms with Crippen LogP contribution in [0.15, 0.2) is 5.38 Å². The van der Waals surface area contributed by atoms with Gasteiger partial charge in [0, 0.05) is 11.1 Å². The molecule has 0 radical (unpaired) electrons. The van der Waals surface area contributed by atoms with Crippen LogP contribution in [-0.2, 0) is 17.0 Å². The number of hydrogen-bond acceptors (Lipinski definition) is 4. The molecule has 1 unspecified atom stereocenters. The van der Waals surface area contributed by atoms with Crippen LogP contribution in [0.2, 0.25) is 0 Å². The van der Waals surface area contributed by atoms with Gasteiger partial charge < -0.3 is 5.11 Å². The second kappa shape index (κ2) is 6.25.